The van der Waals surface area contributed by atoms with Crippen molar-refractivity contribution in [1.29, 1.82) is 0 Å². The molecule has 1 aliphatic rings. The van der Waals surface area contributed by atoms with Crippen molar-refractivity contribution in [2.45, 2.75) is 52.1 Å². The molecule has 1 aliphatic carbocycles. The van der Waals surface area contributed by atoms with Crippen LogP contribution < -0.4 is 0 Å². The summed E-state index contributed by atoms with van der Waals surface area (Å²) >= 11 is 0. The molecular formula is C14H24O. The lowest BCUT2D eigenvalue weighted by molar-refractivity contribution is 0.173. The van der Waals surface area contributed by atoms with Crippen LogP contribution in [0.4, 0.5) is 0 Å². The molecule has 15 heavy (non-hydrogen) atoms. The Kier molecular flexibility index (Phi) is 5.10. The van der Waals surface area contributed by atoms with Gasteiger partial charge in [-0.05, 0) is 25.7 Å². The Morgan fingerprint density at radius 1 is 1.33 bits per heavy atom. The van der Waals surface area contributed by atoms with Gasteiger partial charge in [0, 0.05) is 5.92 Å². The highest BCUT2D eigenvalue weighted by Crippen LogP contribution is 2.25. The lowest BCUT2D eigenvalue weighted by Crippen LogP contribution is -2.16. The van der Waals surface area contributed by atoms with Gasteiger partial charge >= 0.3 is 0 Å². The van der Waals surface area contributed by atoms with E-state index in [-0.39, 0.29) is 12.0 Å². The third kappa shape index (κ3) is 4.21. The van der Waals surface area contributed by atoms with Crippen molar-refractivity contribution in [1.82, 2.24) is 0 Å². The zero-order valence-corrected chi connectivity index (χ0v) is 10.1. The molecule has 1 fully saturated rings. The fraction of sp³-hybridized carbons (Fsp3) is 0.714. The van der Waals surface area contributed by atoms with Gasteiger partial charge in [0.25, 0.3) is 0 Å². The Morgan fingerprint density at radius 3 is 2.47 bits per heavy atom. The first-order chi connectivity index (χ1) is 7.11. The summed E-state index contributed by atoms with van der Waals surface area (Å²) in [6.07, 6.45) is 10.9. The molecular weight excluding hydrogens is 184 g/mol. The van der Waals surface area contributed by atoms with Gasteiger partial charge in [-0.1, -0.05) is 50.5 Å². The SMILES string of the molecule is C=C(C)[C@@H](O)[C@@H](C)/C=C/C1CCCCC1. The van der Waals surface area contributed by atoms with Gasteiger partial charge in [-0.15, -0.1) is 0 Å². The molecule has 0 saturated heterocycles. The number of aliphatic hydroxyl groups is 1. The average Bonchev–Trinajstić information content (AvgIpc) is 2.26. The van der Waals surface area contributed by atoms with Crippen molar-refractivity contribution >= 4 is 0 Å². The summed E-state index contributed by atoms with van der Waals surface area (Å²) in [4.78, 5) is 0. The van der Waals surface area contributed by atoms with Crippen LogP contribution in [-0.2, 0) is 0 Å². The summed E-state index contributed by atoms with van der Waals surface area (Å²) in [6.45, 7) is 7.73. The molecule has 1 N–H and O–H groups in total. The lowest BCUT2D eigenvalue weighted by atomic mass is 9.87. The fourth-order valence-electron chi connectivity index (χ4n) is 2.21. The first kappa shape index (κ1) is 12.5. The van der Waals surface area contributed by atoms with Gasteiger partial charge < -0.3 is 5.11 Å². The minimum atomic E-state index is -0.384. The minimum Gasteiger partial charge on any atom is -0.388 e. The molecule has 86 valence electrons. The molecule has 1 heteroatoms. The quantitative estimate of drug-likeness (QED) is 0.698. The average molecular weight is 208 g/mol. The Labute approximate surface area is 93.9 Å². The monoisotopic (exact) mass is 208 g/mol. The van der Waals surface area contributed by atoms with Gasteiger partial charge in [0.05, 0.1) is 6.10 Å². The lowest BCUT2D eigenvalue weighted by Gasteiger charge is -2.20. The summed E-state index contributed by atoms with van der Waals surface area (Å²) in [5.41, 5.74) is 0.857. The highest BCUT2D eigenvalue weighted by Gasteiger charge is 2.14. The summed E-state index contributed by atoms with van der Waals surface area (Å²) in [7, 11) is 0. The highest BCUT2D eigenvalue weighted by molar-refractivity contribution is 5.05. The largest absolute Gasteiger partial charge is 0.388 e. The van der Waals surface area contributed by atoms with Crippen LogP contribution >= 0.6 is 0 Å². The van der Waals surface area contributed by atoms with E-state index in [1.807, 2.05) is 6.92 Å². The first-order valence-electron chi connectivity index (χ1n) is 6.13. The minimum absolute atomic E-state index is 0.199. The van der Waals surface area contributed by atoms with Gasteiger partial charge in [0.1, 0.15) is 0 Å². The van der Waals surface area contributed by atoms with Gasteiger partial charge in [-0.25, -0.2) is 0 Å². The Morgan fingerprint density at radius 2 is 1.93 bits per heavy atom. The van der Waals surface area contributed by atoms with Gasteiger partial charge in [-0.2, -0.15) is 0 Å². The molecule has 1 saturated carbocycles. The van der Waals surface area contributed by atoms with Crippen LogP contribution in [0.3, 0.4) is 0 Å². The van der Waals surface area contributed by atoms with Crippen molar-refractivity contribution in [3.8, 4) is 0 Å². The molecule has 0 radical (unpaired) electrons. The molecule has 0 aromatic heterocycles. The molecule has 2 atom stereocenters. The van der Waals surface area contributed by atoms with E-state index >= 15 is 0 Å². The molecule has 1 rings (SSSR count). The highest BCUT2D eigenvalue weighted by atomic mass is 16.3. The van der Waals surface area contributed by atoms with Crippen LogP contribution in [0, 0.1) is 11.8 Å². The van der Waals surface area contributed by atoms with Crippen molar-refractivity contribution in [3.63, 3.8) is 0 Å². The van der Waals surface area contributed by atoms with E-state index < -0.39 is 0 Å². The third-order valence-corrected chi connectivity index (χ3v) is 3.34. The first-order valence-corrected chi connectivity index (χ1v) is 6.13. The fourth-order valence-corrected chi connectivity index (χ4v) is 2.21. The maximum atomic E-state index is 9.77. The summed E-state index contributed by atoms with van der Waals surface area (Å²) in [5, 5.41) is 9.77. The Balaban J connectivity index is 2.38. The molecule has 0 aromatic rings. The Bertz CT molecular complexity index is 223. The predicted octanol–water partition coefficient (Wildman–Crippen LogP) is 3.70. The summed E-state index contributed by atoms with van der Waals surface area (Å²) in [5.74, 6) is 0.947. The molecule has 0 heterocycles. The van der Waals surface area contributed by atoms with E-state index in [9.17, 15) is 5.11 Å². The zero-order chi connectivity index (χ0) is 11.3. The topological polar surface area (TPSA) is 20.2 Å². The van der Waals surface area contributed by atoms with Gasteiger partial charge in [-0.3, -0.25) is 0 Å². The second-order valence-corrected chi connectivity index (χ2v) is 4.93. The van der Waals surface area contributed by atoms with Crippen LogP contribution in [-0.4, -0.2) is 11.2 Å². The molecule has 0 spiro atoms. The van der Waals surface area contributed by atoms with Crippen molar-refractivity contribution < 1.29 is 5.11 Å². The second kappa shape index (κ2) is 6.12. The van der Waals surface area contributed by atoms with Crippen LogP contribution in [0.25, 0.3) is 0 Å². The number of rotatable bonds is 4. The Hall–Kier alpha value is -0.560. The van der Waals surface area contributed by atoms with E-state index in [0.717, 1.165) is 11.5 Å². The van der Waals surface area contributed by atoms with Crippen LogP contribution in [0.5, 0.6) is 0 Å². The van der Waals surface area contributed by atoms with E-state index in [0.29, 0.717) is 0 Å². The van der Waals surface area contributed by atoms with E-state index in [2.05, 4.69) is 25.7 Å². The number of hydrogen-bond acceptors (Lipinski definition) is 1. The van der Waals surface area contributed by atoms with Gasteiger partial charge in [0.2, 0.25) is 0 Å². The summed E-state index contributed by atoms with van der Waals surface area (Å²) < 4.78 is 0. The summed E-state index contributed by atoms with van der Waals surface area (Å²) in [6, 6.07) is 0. The smallest absolute Gasteiger partial charge is 0.0804 e. The number of allylic oxidation sites excluding steroid dienone is 1. The van der Waals surface area contributed by atoms with Crippen LogP contribution in [0.2, 0.25) is 0 Å². The van der Waals surface area contributed by atoms with Gasteiger partial charge in [0.15, 0.2) is 0 Å². The molecule has 0 aliphatic heterocycles. The third-order valence-electron chi connectivity index (χ3n) is 3.34. The molecule has 0 amide bonds. The standard InChI is InChI=1S/C14H24O/c1-11(2)14(15)12(3)9-10-13-7-5-4-6-8-13/h9-10,12-15H,1,4-8H2,2-3H3/b10-9+/t12-,14+/m0/s1. The molecule has 0 bridgehead atoms. The maximum absolute atomic E-state index is 9.77. The normalized spacial score (nSPS) is 22.9. The predicted molar refractivity (Wildman–Crippen MR) is 65.7 cm³/mol. The maximum Gasteiger partial charge on any atom is 0.0804 e. The van der Waals surface area contributed by atoms with E-state index in [1.54, 1.807) is 0 Å². The second-order valence-electron chi connectivity index (χ2n) is 4.93. The number of hydrogen-bond donors (Lipinski definition) is 1. The van der Waals surface area contributed by atoms with Crippen LogP contribution in [0.1, 0.15) is 46.0 Å². The van der Waals surface area contributed by atoms with Crippen molar-refractivity contribution in [3.05, 3.63) is 24.3 Å². The zero-order valence-electron chi connectivity index (χ0n) is 10.1. The van der Waals surface area contributed by atoms with Crippen molar-refractivity contribution in [2.75, 3.05) is 0 Å². The van der Waals surface area contributed by atoms with E-state index in [1.165, 1.54) is 32.1 Å². The van der Waals surface area contributed by atoms with Crippen molar-refractivity contribution in [2.24, 2.45) is 11.8 Å². The number of aliphatic hydroxyl groups excluding tert-OH is 1. The van der Waals surface area contributed by atoms with Crippen LogP contribution in [0.15, 0.2) is 24.3 Å². The molecule has 0 aromatic carbocycles. The van der Waals surface area contributed by atoms with E-state index in [4.69, 9.17) is 0 Å². The molecule has 0 unspecified atom stereocenters. The molecule has 1 nitrogen and oxygen atoms in total.